The molecule has 2 amide bonds. The Balaban J connectivity index is 1.66. The highest BCUT2D eigenvalue weighted by Crippen LogP contribution is 2.31. The van der Waals surface area contributed by atoms with E-state index in [0.29, 0.717) is 49.8 Å². The van der Waals surface area contributed by atoms with Gasteiger partial charge in [-0.1, -0.05) is 41.4 Å². The molecule has 0 unspecified atom stereocenters. The van der Waals surface area contributed by atoms with Gasteiger partial charge in [0.25, 0.3) is 0 Å². The number of hydrogen-bond donors (Lipinski definition) is 2. The summed E-state index contributed by atoms with van der Waals surface area (Å²) in [7, 11) is 2.97. The summed E-state index contributed by atoms with van der Waals surface area (Å²) in [6.45, 7) is 1.83. The second-order valence-corrected chi connectivity index (χ2v) is 7.96. The third-order valence-corrected chi connectivity index (χ3v) is 5.61. The maximum atomic E-state index is 12.2. The number of amides is 2. The Morgan fingerprint density at radius 2 is 1.54 bits per heavy atom. The second-order valence-electron chi connectivity index (χ2n) is 7.15. The molecule has 0 heterocycles. The molecule has 3 aromatic rings. The highest BCUT2D eigenvalue weighted by molar-refractivity contribution is 6.39. The molecule has 8 nitrogen and oxygen atoms in total. The van der Waals surface area contributed by atoms with E-state index in [1.54, 1.807) is 67.6 Å². The topological polar surface area (TPSA) is 98.2 Å². The second kappa shape index (κ2) is 12.1. The van der Waals surface area contributed by atoms with E-state index < -0.39 is 11.8 Å². The summed E-state index contributed by atoms with van der Waals surface area (Å²) in [4.78, 5) is 24.4. The van der Waals surface area contributed by atoms with Crippen LogP contribution in [0.1, 0.15) is 18.1 Å². The molecule has 182 valence electrons. The predicted octanol–water partition coefficient (Wildman–Crippen LogP) is 5.07. The summed E-state index contributed by atoms with van der Waals surface area (Å²) in [5, 5.41) is 7.50. The minimum Gasteiger partial charge on any atom is -0.495 e. The van der Waals surface area contributed by atoms with Gasteiger partial charge in [-0.3, -0.25) is 9.59 Å². The van der Waals surface area contributed by atoms with Crippen LogP contribution in [0.4, 0.5) is 5.69 Å². The molecule has 0 spiro atoms. The van der Waals surface area contributed by atoms with Crippen molar-refractivity contribution in [3.05, 3.63) is 81.8 Å². The van der Waals surface area contributed by atoms with E-state index in [1.165, 1.54) is 14.2 Å². The number of anilines is 1. The first-order chi connectivity index (χ1) is 16.8. The van der Waals surface area contributed by atoms with Crippen LogP contribution in [0.5, 0.6) is 17.2 Å². The number of para-hydroxylation sites is 2. The molecule has 0 aliphatic carbocycles. The van der Waals surface area contributed by atoms with E-state index in [0.717, 1.165) is 0 Å². The molecule has 0 aliphatic heterocycles. The number of ether oxygens (including phenoxy) is 3. The third-order valence-electron chi connectivity index (χ3n) is 4.90. The molecule has 0 aromatic heterocycles. The Morgan fingerprint density at radius 3 is 2.23 bits per heavy atom. The minimum absolute atomic E-state index is 0.151. The number of hydrazone groups is 1. The number of carbonyl (C=O) groups excluding carboxylic acids is 2. The summed E-state index contributed by atoms with van der Waals surface area (Å²) >= 11 is 12.4. The van der Waals surface area contributed by atoms with Crippen molar-refractivity contribution in [3.63, 3.8) is 0 Å². The van der Waals surface area contributed by atoms with Gasteiger partial charge in [-0.2, -0.15) is 5.10 Å². The number of benzene rings is 3. The molecule has 2 N–H and O–H groups in total. The van der Waals surface area contributed by atoms with E-state index in [2.05, 4.69) is 15.8 Å². The van der Waals surface area contributed by atoms with Gasteiger partial charge in [0.2, 0.25) is 0 Å². The lowest BCUT2D eigenvalue weighted by atomic mass is 10.1. The summed E-state index contributed by atoms with van der Waals surface area (Å²) in [6, 6.07) is 17.1. The number of nitrogens with zero attached hydrogens (tertiary/aromatic N) is 1. The standard InChI is InChI=1S/C25H23Cl2N3O5/c1-15(29-30-25(32)24(31)28-20-9-4-5-10-21(20)33-2)16-11-12-22(23(13-16)34-3)35-14-17-18(26)7-6-8-19(17)27/h4-13H,14H2,1-3H3,(H,28,31)(H,30,32). The Bertz CT molecular complexity index is 1240. The zero-order valence-corrected chi connectivity index (χ0v) is 20.7. The van der Waals surface area contributed by atoms with Gasteiger partial charge < -0.3 is 19.5 Å². The van der Waals surface area contributed by atoms with E-state index in [1.807, 2.05) is 0 Å². The van der Waals surface area contributed by atoms with Gasteiger partial charge in [0, 0.05) is 21.2 Å². The summed E-state index contributed by atoms with van der Waals surface area (Å²) < 4.78 is 16.4. The quantitative estimate of drug-likeness (QED) is 0.248. The lowest BCUT2D eigenvalue weighted by molar-refractivity contribution is -0.136. The monoisotopic (exact) mass is 515 g/mol. The van der Waals surface area contributed by atoms with E-state index >= 15 is 0 Å². The van der Waals surface area contributed by atoms with Gasteiger partial charge >= 0.3 is 11.8 Å². The largest absolute Gasteiger partial charge is 0.495 e. The van der Waals surface area contributed by atoms with Crippen molar-refractivity contribution in [1.82, 2.24) is 5.43 Å². The lowest BCUT2D eigenvalue weighted by Crippen LogP contribution is -2.33. The summed E-state index contributed by atoms with van der Waals surface area (Å²) in [5.41, 5.74) is 4.37. The van der Waals surface area contributed by atoms with Crippen molar-refractivity contribution in [2.75, 3.05) is 19.5 Å². The number of nitrogens with one attached hydrogen (secondary N) is 2. The molecule has 3 aromatic carbocycles. The third kappa shape index (κ3) is 6.65. The van der Waals surface area contributed by atoms with E-state index in [-0.39, 0.29) is 6.61 Å². The van der Waals surface area contributed by atoms with Crippen molar-refractivity contribution in [3.8, 4) is 17.2 Å². The average Bonchev–Trinajstić information content (AvgIpc) is 2.87. The SMILES string of the molecule is COc1ccccc1NC(=O)C(=O)NN=C(C)c1ccc(OCc2c(Cl)cccc2Cl)c(OC)c1. The number of methoxy groups -OCH3 is 2. The number of halogens is 2. The van der Waals surface area contributed by atoms with Gasteiger partial charge in [0.15, 0.2) is 11.5 Å². The highest BCUT2D eigenvalue weighted by Gasteiger charge is 2.16. The smallest absolute Gasteiger partial charge is 0.329 e. The van der Waals surface area contributed by atoms with Crippen LogP contribution in [0.25, 0.3) is 0 Å². The van der Waals surface area contributed by atoms with Crippen molar-refractivity contribution in [1.29, 1.82) is 0 Å². The van der Waals surface area contributed by atoms with Gasteiger partial charge in [-0.05, 0) is 49.4 Å². The maximum absolute atomic E-state index is 12.2. The Morgan fingerprint density at radius 1 is 0.857 bits per heavy atom. The predicted molar refractivity (Wildman–Crippen MR) is 136 cm³/mol. The van der Waals surface area contributed by atoms with Gasteiger partial charge in [0.1, 0.15) is 12.4 Å². The first-order valence-electron chi connectivity index (χ1n) is 10.4. The molecule has 3 rings (SSSR count). The molecule has 0 saturated heterocycles. The van der Waals surface area contributed by atoms with Crippen LogP contribution >= 0.6 is 23.2 Å². The number of hydrogen-bond acceptors (Lipinski definition) is 6. The van der Waals surface area contributed by atoms with Crippen molar-refractivity contribution >= 4 is 46.4 Å². The normalized spacial score (nSPS) is 10.9. The average molecular weight is 516 g/mol. The molecule has 0 fully saturated rings. The number of carbonyl (C=O) groups is 2. The molecule has 0 bridgehead atoms. The Hall–Kier alpha value is -3.75. The van der Waals surface area contributed by atoms with Crippen LogP contribution in [-0.4, -0.2) is 31.7 Å². The van der Waals surface area contributed by atoms with Crippen molar-refractivity contribution in [2.24, 2.45) is 5.10 Å². The van der Waals surface area contributed by atoms with Crippen molar-refractivity contribution < 1.29 is 23.8 Å². The Kier molecular flexibility index (Phi) is 8.94. The zero-order chi connectivity index (χ0) is 25.4. The van der Waals surface area contributed by atoms with Gasteiger partial charge in [-0.25, -0.2) is 5.43 Å². The van der Waals surface area contributed by atoms with Crippen LogP contribution in [-0.2, 0) is 16.2 Å². The molecule has 0 aliphatic rings. The van der Waals surface area contributed by atoms with E-state index in [4.69, 9.17) is 37.4 Å². The molecule has 0 saturated carbocycles. The van der Waals surface area contributed by atoms with Gasteiger partial charge in [0.05, 0.1) is 25.6 Å². The minimum atomic E-state index is -0.932. The molecular weight excluding hydrogens is 493 g/mol. The van der Waals surface area contributed by atoms with Crippen molar-refractivity contribution in [2.45, 2.75) is 13.5 Å². The fraction of sp³-hybridized carbons (Fsp3) is 0.160. The van der Waals surface area contributed by atoms with Gasteiger partial charge in [-0.15, -0.1) is 0 Å². The van der Waals surface area contributed by atoms with Crippen LogP contribution in [0.15, 0.2) is 65.8 Å². The van der Waals surface area contributed by atoms with Crippen LogP contribution in [0, 0.1) is 0 Å². The van der Waals surface area contributed by atoms with Crippen LogP contribution < -0.4 is 25.0 Å². The first-order valence-corrected chi connectivity index (χ1v) is 11.1. The molecule has 35 heavy (non-hydrogen) atoms. The fourth-order valence-electron chi connectivity index (χ4n) is 3.01. The summed E-state index contributed by atoms with van der Waals surface area (Å²) in [6.07, 6.45) is 0. The fourth-order valence-corrected chi connectivity index (χ4v) is 3.52. The van der Waals surface area contributed by atoms with Crippen LogP contribution in [0.2, 0.25) is 10.0 Å². The molecule has 0 radical (unpaired) electrons. The lowest BCUT2D eigenvalue weighted by Gasteiger charge is -2.14. The zero-order valence-electron chi connectivity index (χ0n) is 19.2. The summed E-state index contributed by atoms with van der Waals surface area (Å²) in [5.74, 6) is -0.468. The molecule has 10 heteroatoms. The highest BCUT2D eigenvalue weighted by atomic mass is 35.5. The first kappa shape index (κ1) is 25.9. The number of rotatable bonds is 8. The Labute approximate surface area is 212 Å². The molecule has 0 atom stereocenters. The van der Waals surface area contributed by atoms with E-state index in [9.17, 15) is 9.59 Å². The maximum Gasteiger partial charge on any atom is 0.329 e. The molecular formula is C25H23Cl2N3O5. The van der Waals surface area contributed by atoms with Crippen LogP contribution in [0.3, 0.4) is 0 Å².